The van der Waals surface area contributed by atoms with Gasteiger partial charge in [0.2, 0.25) is 0 Å². The third-order valence-corrected chi connectivity index (χ3v) is 2.57. The molecule has 2 amide bonds. The molecule has 0 saturated heterocycles. The van der Waals surface area contributed by atoms with E-state index in [4.69, 9.17) is 4.74 Å². The molecule has 0 aliphatic carbocycles. The molecule has 2 N–H and O–H groups in total. The van der Waals surface area contributed by atoms with Crippen LogP contribution in [0.25, 0.3) is 0 Å². The normalized spacial score (nSPS) is 9.72. The van der Waals surface area contributed by atoms with E-state index in [1.165, 1.54) is 12.6 Å². The van der Waals surface area contributed by atoms with E-state index >= 15 is 0 Å². The molecule has 0 saturated carbocycles. The molecule has 18 heavy (non-hydrogen) atoms. The number of carbonyl (C=O) groups is 2. The first-order valence-electron chi connectivity index (χ1n) is 5.74. The lowest BCUT2D eigenvalue weighted by molar-refractivity contribution is -0.138. The molecule has 0 spiro atoms. The molecule has 98 valence electrons. The third kappa shape index (κ3) is 4.08. The Labute approximate surface area is 107 Å². The van der Waals surface area contributed by atoms with E-state index in [2.05, 4.69) is 10.6 Å². The Morgan fingerprint density at radius 2 is 1.89 bits per heavy atom. The van der Waals surface area contributed by atoms with E-state index in [0.717, 1.165) is 11.3 Å². The van der Waals surface area contributed by atoms with Crippen molar-refractivity contribution in [3.8, 4) is 5.75 Å². The number of carbonyl (C=O) groups excluding carboxylic acids is 2. The van der Waals surface area contributed by atoms with Crippen molar-refractivity contribution in [2.45, 2.75) is 13.8 Å². The van der Waals surface area contributed by atoms with Gasteiger partial charge in [-0.15, -0.1) is 0 Å². The fourth-order valence-corrected chi connectivity index (χ4v) is 1.33. The smallest absolute Gasteiger partial charge is 0.309 e. The summed E-state index contributed by atoms with van der Waals surface area (Å²) in [5.41, 5.74) is 2.36. The zero-order valence-electron chi connectivity index (χ0n) is 10.9. The summed E-state index contributed by atoms with van der Waals surface area (Å²) in [5, 5.41) is 4.70. The standard InChI is InChI=1S/C13H18N2O3/c1-9-4-5-11(8-10(9)2)18-7-6-15-13(17)12(16)14-3/h4-5,8H,6-7H2,1-3H3,(H,14,16)(H,15,17). The fourth-order valence-electron chi connectivity index (χ4n) is 1.33. The van der Waals surface area contributed by atoms with Crippen molar-refractivity contribution in [3.05, 3.63) is 29.3 Å². The molecular weight excluding hydrogens is 232 g/mol. The van der Waals surface area contributed by atoms with Gasteiger partial charge < -0.3 is 15.4 Å². The summed E-state index contributed by atoms with van der Waals surface area (Å²) in [5.74, 6) is -0.547. The highest BCUT2D eigenvalue weighted by Gasteiger charge is 2.09. The molecule has 5 nitrogen and oxygen atoms in total. The monoisotopic (exact) mass is 250 g/mol. The zero-order chi connectivity index (χ0) is 13.5. The van der Waals surface area contributed by atoms with Crippen LogP contribution in [0.15, 0.2) is 18.2 Å². The van der Waals surface area contributed by atoms with Crippen molar-refractivity contribution in [1.29, 1.82) is 0 Å². The average Bonchev–Trinajstić information content (AvgIpc) is 2.37. The summed E-state index contributed by atoms with van der Waals surface area (Å²) in [6.45, 7) is 4.66. The predicted molar refractivity (Wildman–Crippen MR) is 68.5 cm³/mol. The number of nitrogens with one attached hydrogen (secondary N) is 2. The Bertz CT molecular complexity index is 444. The first-order valence-corrected chi connectivity index (χ1v) is 5.74. The Kier molecular flexibility index (Phi) is 5.17. The number of rotatable bonds is 4. The predicted octanol–water partition coefficient (Wildman–Crippen LogP) is 0.544. The van der Waals surface area contributed by atoms with E-state index in [1.54, 1.807) is 0 Å². The Morgan fingerprint density at radius 3 is 2.50 bits per heavy atom. The molecule has 0 aromatic heterocycles. The maximum absolute atomic E-state index is 11.1. The minimum Gasteiger partial charge on any atom is -0.492 e. The number of hydrogen-bond acceptors (Lipinski definition) is 3. The minimum atomic E-state index is -0.652. The molecule has 1 aromatic carbocycles. The first-order chi connectivity index (χ1) is 8.54. The summed E-state index contributed by atoms with van der Waals surface area (Å²) in [6.07, 6.45) is 0. The summed E-state index contributed by atoms with van der Waals surface area (Å²) in [4.78, 5) is 22.0. The van der Waals surface area contributed by atoms with Gasteiger partial charge in [0.15, 0.2) is 0 Å². The number of amides is 2. The number of likely N-dealkylation sites (N-methyl/N-ethyl adjacent to an activating group) is 1. The maximum atomic E-state index is 11.1. The van der Waals surface area contributed by atoms with Crippen LogP contribution in [0.5, 0.6) is 5.75 Å². The minimum absolute atomic E-state index is 0.291. The van der Waals surface area contributed by atoms with E-state index in [1.807, 2.05) is 32.0 Å². The van der Waals surface area contributed by atoms with Crippen LogP contribution >= 0.6 is 0 Å². The molecule has 0 bridgehead atoms. The van der Waals surface area contributed by atoms with Gasteiger partial charge in [-0.3, -0.25) is 9.59 Å². The highest BCUT2D eigenvalue weighted by atomic mass is 16.5. The number of hydrogen-bond donors (Lipinski definition) is 2. The average molecular weight is 250 g/mol. The largest absolute Gasteiger partial charge is 0.492 e. The SMILES string of the molecule is CNC(=O)C(=O)NCCOc1ccc(C)c(C)c1. The van der Waals surface area contributed by atoms with Gasteiger partial charge in [0.25, 0.3) is 0 Å². The molecule has 5 heteroatoms. The lowest BCUT2D eigenvalue weighted by atomic mass is 10.1. The third-order valence-electron chi connectivity index (χ3n) is 2.57. The highest BCUT2D eigenvalue weighted by molar-refractivity contribution is 6.34. The van der Waals surface area contributed by atoms with Crippen molar-refractivity contribution in [2.75, 3.05) is 20.2 Å². The van der Waals surface area contributed by atoms with Crippen molar-refractivity contribution in [2.24, 2.45) is 0 Å². The van der Waals surface area contributed by atoms with Gasteiger partial charge in [-0.2, -0.15) is 0 Å². The first kappa shape index (κ1) is 14.0. The maximum Gasteiger partial charge on any atom is 0.309 e. The van der Waals surface area contributed by atoms with Gasteiger partial charge in [-0.1, -0.05) is 6.07 Å². The summed E-state index contributed by atoms with van der Waals surface area (Å²) in [7, 11) is 1.41. The van der Waals surface area contributed by atoms with Crippen LogP contribution in [0.2, 0.25) is 0 Å². The van der Waals surface area contributed by atoms with E-state index in [-0.39, 0.29) is 0 Å². The van der Waals surface area contributed by atoms with Crippen LogP contribution in [-0.4, -0.2) is 32.0 Å². The summed E-state index contributed by atoms with van der Waals surface area (Å²) in [6, 6.07) is 5.80. The summed E-state index contributed by atoms with van der Waals surface area (Å²) < 4.78 is 5.46. The van der Waals surface area contributed by atoms with Crippen LogP contribution in [0, 0.1) is 13.8 Å². The number of ether oxygens (including phenoxy) is 1. The zero-order valence-corrected chi connectivity index (χ0v) is 10.9. The Morgan fingerprint density at radius 1 is 1.17 bits per heavy atom. The van der Waals surface area contributed by atoms with Crippen LogP contribution in [0.4, 0.5) is 0 Å². The lowest BCUT2D eigenvalue weighted by Crippen LogP contribution is -2.39. The van der Waals surface area contributed by atoms with Crippen LogP contribution < -0.4 is 15.4 Å². The molecule has 0 heterocycles. The van der Waals surface area contributed by atoms with E-state index in [0.29, 0.717) is 13.2 Å². The molecule has 1 rings (SSSR count). The molecule has 0 radical (unpaired) electrons. The quantitative estimate of drug-likeness (QED) is 0.605. The molecule has 0 fully saturated rings. The molecule has 1 aromatic rings. The summed E-state index contributed by atoms with van der Waals surface area (Å²) >= 11 is 0. The molecule has 0 atom stereocenters. The second kappa shape index (κ2) is 6.64. The van der Waals surface area contributed by atoms with Crippen molar-refractivity contribution < 1.29 is 14.3 Å². The number of benzene rings is 1. The number of aryl methyl sites for hydroxylation is 2. The Hall–Kier alpha value is -2.04. The fraction of sp³-hybridized carbons (Fsp3) is 0.385. The van der Waals surface area contributed by atoms with Gasteiger partial charge in [0.1, 0.15) is 12.4 Å². The topological polar surface area (TPSA) is 67.4 Å². The van der Waals surface area contributed by atoms with E-state index < -0.39 is 11.8 Å². The lowest BCUT2D eigenvalue weighted by Gasteiger charge is -2.08. The van der Waals surface area contributed by atoms with Gasteiger partial charge in [-0.05, 0) is 37.1 Å². The van der Waals surface area contributed by atoms with Gasteiger partial charge in [0.05, 0.1) is 6.54 Å². The Balaban J connectivity index is 2.32. The van der Waals surface area contributed by atoms with Gasteiger partial charge in [-0.25, -0.2) is 0 Å². The second-order valence-corrected chi connectivity index (χ2v) is 3.93. The van der Waals surface area contributed by atoms with Crippen LogP contribution in [0.1, 0.15) is 11.1 Å². The highest BCUT2D eigenvalue weighted by Crippen LogP contribution is 2.15. The van der Waals surface area contributed by atoms with Crippen molar-refractivity contribution in [1.82, 2.24) is 10.6 Å². The van der Waals surface area contributed by atoms with Gasteiger partial charge in [0, 0.05) is 7.05 Å². The van der Waals surface area contributed by atoms with Crippen LogP contribution in [-0.2, 0) is 9.59 Å². The molecule has 0 aliphatic rings. The second-order valence-electron chi connectivity index (χ2n) is 3.93. The molecular formula is C13H18N2O3. The van der Waals surface area contributed by atoms with Gasteiger partial charge >= 0.3 is 11.8 Å². The van der Waals surface area contributed by atoms with E-state index in [9.17, 15) is 9.59 Å². The molecule has 0 aliphatic heterocycles. The van der Waals surface area contributed by atoms with Crippen molar-refractivity contribution >= 4 is 11.8 Å². The van der Waals surface area contributed by atoms with Crippen LogP contribution in [0.3, 0.4) is 0 Å². The van der Waals surface area contributed by atoms with Crippen molar-refractivity contribution in [3.63, 3.8) is 0 Å². The molecule has 0 unspecified atom stereocenters.